The SMILES string of the molecule is CCOc1ccccc1NCC(=O)Nc1cccc(S(C)(=O)=O)c1. The van der Waals surface area contributed by atoms with E-state index in [1.54, 1.807) is 12.1 Å². The molecular formula is C17H20N2O4S. The maximum Gasteiger partial charge on any atom is 0.243 e. The Labute approximate surface area is 141 Å². The maximum atomic E-state index is 12.1. The Morgan fingerprint density at radius 2 is 1.88 bits per heavy atom. The topological polar surface area (TPSA) is 84.5 Å². The van der Waals surface area contributed by atoms with Crippen LogP contribution in [0.2, 0.25) is 0 Å². The Kier molecular flexibility index (Phi) is 5.81. The highest BCUT2D eigenvalue weighted by Gasteiger charge is 2.09. The van der Waals surface area contributed by atoms with Gasteiger partial charge in [-0.1, -0.05) is 18.2 Å². The van der Waals surface area contributed by atoms with Gasteiger partial charge in [0.05, 0.1) is 23.7 Å². The van der Waals surface area contributed by atoms with E-state index in [-0.39, 0.29) is 17.3 Å². The summed E-state index contributed by atoms with van der Waals surface area (Å²) in [4.78, 5) is 12.2. The quantitative estimate of drug-likeness (QED) is 0.803. The molecule has 0 heterocycles. The van der Waals surface area contributed by atoms with E-state index >= 15 is 0 Å². The van der Waals surface area contributed by atoms with Crippen molar-refractivity contribution in [2.75, 3.05) is 30.0 Å². The Morgan fingerprint density at radius 3 is 2.58 bits per heavy atom. The van der Waals surface area contributed by atoms with Crippen molar-refractivity contribution in [3.05, 3.63) is 48.5 Å². The monoisotopic (exact) mass is 348 g/mol. The van der Waals surface area contributed by atoms with Crippen LogP contribution in [-0.4, -0.2) is 33.7 Å². The smallest absolute Gasteiger partial charge is 0.243 e. The minimum atomic E-state index is -3.31. The molecule has 0 fully saturated rings. The van der Waals surface area contributed by atoms with Crippen LogP contribution in [0.3, 0.4) is 0 Å². The molecule has 0 atom stereocenters. The van der Waals surface area contributed by atoms with Gasteiger partial charge in [0.1, 0.15) is 5.75 Å². The van der Waals surface area contributed by atoms with Crippen molar-refractivity contribution < 1.29 is 17.9 Å². The molecule has 0 aliphatic heterocycles. The highest BCUT2D eigenvalue weighted by Crippen LogP contribution is 2.23. The molecule has 0 saturated heterocycles. The van der Waals surface area contributed by atoms with E-state index in [0.717, 1.165) is 11.9 Å². The van der Waals surface area contributed by atoms with Crippen molar-refractivity contribution in [1.29, 1.82) is 0 Å². The predicted octanol–water partition coefficient (Wildman–Crippen LogP) is 2.54. The van der Waals surface area contributed by atoms with Crippen LogP contribution in [0.1, 0.15) is 6.92 Å². The summed E-state index contributed by atoms with van der Waals surface area (Å²) in [5.41, 5.74) is 1.15. The van der Waals surface area contributed by atoms with Gasteiger partial charge in [-0.3, -0.25) is 4.79 Å². The molecule has 1 amide bonds. The molecule has 0 bridgehead atoms. The number of sulfone groups is 1. The van der Waals surface area contributed by atoms with Crippen LogP contribution in [0.25, 0.3) is 0 Å². The first-order valence-electron chi connectivity index (χ1n) is 7.46. The molecule has 7 heteroatoms. The summed E-state index contributed by atoms with van der Waals surface area (Å²) in [6, 6.07) is 13.5. The third-order valence-corrected chi connectivity index (χ3v) is 4.28. The normalized spacial score (nSPS) is 10.9. The molecule has 0 aromatic heterocycles. The first-order chi connectivity index (χ1) is 11.4. The van der Waals surface area contributed by atoms with E-state index in [9.17, 15) is 13.2 Å². The number of amides is 1. The molecule has 0 aliphatic rings. The number of rotatable bonds is 7. The number of benzene rings is 2. The molecular weight excluding hydrogens is 328 g/mol. The molecule has 2 aromatic rings. The zero-order chi connectivity index (χ0) is 17.6. The lowest BCUT2D eigenvalue weighted by molar-refractivity contribution is -0.114. The summed E-state index contributed by atoms with van der Waals surface area (Å²) in [6.45, 7) is 2.45. The van der Waals surface area contributed by atoms with Gasteiger partial charge in [-0.15, -0.1) is 0 Å². The zero-order valence-electron chi connectivity index (χ0n) is 13.6. The molecule has 128 valence electrons. The number of hydrogen-bond acceptors (Lipinski definition) is 5. The van der Waals surface area contributed by atoms with Gasteiger partial charge >= 0.3 is 0 Å². The highest BCUT2D eigenvalue weighted by atomic mass is 32.2. The van der Waals surface area contributed by atoms with Gasteiger partial charge in [0, 0.05) is 11.9 Å². The van der Waals surface area contributed by atoms with E-state index < -0.39 is 9.84 Å². The average Bonchev–Trinajstić information content (AvgIpc) is 2.54. The molecule has 0 saturated carbocycles. The summed E-state index contributed by atoms with van der Waals surface area (Å²) in [5.74, 6) is 0.388. The average molecular weight is 348 g/mol. The summed E-state index contributed by atoms with van der Waals surface area (Å²) in [6.07, 6.45) is 1.13. The van der Waals surface area contributed by atoms with Crippen LogP contribution < -0.4 is 15.4 Å². The largest absolute Gasteiger partial charge is 0.492 e. The standard InChI is InChI=1S/C17H20N2O4S/c1-3-23-16-10-5-4-9-15(16)18-12-17(20)19-13-7-6-8-14(11-13)24(2,21)22/h4-11,18H,3,12H2,1-2H3,(H,19,20). The highest BCUT2D eigenvalue weighted by molar-refractivity contribution is 7.90. The predicted molar refractivity (Wildman–Crippen MR) is 94.3 cm³/mol. The van der Waals surface area contributed by atoms with Crippen LogP contribution in [0.4, 0.5) is 11.4 Å². The summed E-state index contributed by atoms with van der Waals surface area (Å²) < 4.78 is 28.6. The lowest BCUT2D eigenvalue weighted by Crippen LogP contribution is -2.22. The van der Waals surface area contributed by atoms with E-state index in [1.165, 1.54) is 12.1 Å². The van der Waals surface area contributed by atoms with Crippen molar-refractivity contribution in [3.8, 4) is 5.75 Å². The molecule has 0 radical (unpaired) electrons. The number of carbonyl (C=O) groups excluding carboxylic acids is 1. The zero-order valence-corrected chi connectivity index (χ0v) is 14.4. The van der Waals surface area contributed by atoms with Gasteiger partial charge in [-0.05, 0) is 37.3 Å². The lowest BCUT2D eigenvalue weighted by atomic mass is 10.3. The van der Waals surface area contributed by atoms with Crippen LogP contribution >= 0.6 is 0 Å². The van der Waals surface area contributed by atoms with Crippen molar-refractivity contribution in [2.24, 2.45) is 0 Å². The third kappa shape index (κ3) is 4.99. The van der Waals surface area contributed by atoms with Crippen molar-refractivity contribution in [3.63, 3.8) is 0 Å². The van der Waals surface area contributed by atoms with Gasteiger partial charge in [0.25, 0.3) is 0 Å². The van der Waals surface area contributed by atoms with E-state index in [4.69, 9.17) is 4.74 Å². The van der Waals surface area contributed by atoms with Crippen LogP contribution in [-0.2, 0) is 14.6 Å². The number of para-hydroxylation sites is 2. The summed E-state index contributed by atoms with van der Waals surface area (Å²) >= 11 is 0. The first-order valence-corrected chi connectivity index (χ1v) is 9.35. The summed E-state index contributed by atoms with van der Waals surface area (Å²) in [5, 5.41) is 5.68. The van der Waals surface area contributed by atoms with Gasteiger partial charge < -0.3 is 15.4 Å². The minimum absolute atomic E-state index is 0.0349. The van der Waals surface area contributed by atoms with Gasteiger partial charge in [-0.25, -0.2) is 8.42 Å². The minimum Gasteiger partial charge on any atom is -0.492 e. The second-order valence-corrected chi connectivity index (χ2v) is 7.15. The molecule has 0 unspecified atom stereocenters. The number of anilines is 2. The van der Waals surface area contributed by atoms with Gasteiger partial charge in [-0.2, -0.15) is 0 Å². The van der Waals surface area contributed by atoms with E-state index in [2.05, 4.69) is 10.6 Å². The fourth-order valence-corrected chi connectivity index (χ4v) is 2.75. The van der Waals surface area contributed by atoms with Crippen LogP contribution in [0.5, 0.6) is 5.75 Å². The third-order valence-electron chi connectivity index (χ3n) is 3.17. The Bertz CT molecular complexity index is 819. The maximum absolute atomic E-state index is 12.1. The first kappa shape index (κ1) is 17.8. The van der Waals surface area contributed by atoms with Gasteiger partial charge in [0.2, 0.25) is 5.91 Å². The second-order valence-electron chi connectivity index (χ2n) is 5.13. The molecule has 0 spiro atoms. The molecule has 2 rings (SSSR count). The Hall–Kier alpha value is -2.54. The molecule has 24 heavy (non-hydrogen) atoms. The van der Waals surface area contributed by atoms with Gasteiger partial charge in [0.15, 0.2) is 9.84 Å². The van der Waals surface area contributed by atoms with E-state index in [1.807, 2.05) is 31.2 Å². The Morgan fingerprint density at radius 1 is 1.12 bits per heavy atom. The number of carbonyl (C=O) groups is 1. The lowest BCUT2D eigenvalue weighted by Gasteiger charge is -2.12. The van der Waals surface area contributed by atoms with Crippen molar-refractivity contribution in [1.82, 2.24) is 0 Å². The number of ether oxygens (including phenoxy) is 1. The number of hydrogen-bond donors (Lipinski definition) is 2. The fraction of sp³-hybridized carbons (Fsp3) is 0.235. The van der Waals surface area contributed by atoms with Crippen LogP contribution in [0, 0.1) is 0 Å². The molecule has 0 aliphatic carbocycles. The van der Waals surface area contributed by atoms with Crippen molar-refractivity contribution in [2.45, 2.75) is 11.8 Å². The fourth-order valence-electron chi connectivity index (χ4n) is 2.08. The number of nitrogens with one attached hydrogen (secondary N) is 2. The molecule has 2 aromatic carbocycles. The molecule has 2 N–H and O–H groups in total. The molecule has 6 nitrogen and oxygen atoms in total. The summed E-state index contributed by atoms with van der Waals surface area (Å²) in [7, 11) is -3.31. The second kappa shape index (κ2) is 7.83. The van der Waals surface area contributed by atoms with Crippen molar-refractivity contribution >= 4 is 27.1 Å². The van der Waals surface area contributed by atoms with Crippen LogP contribution in [0.15, 0.2) is 53.4 Å². The van der Waals surface area contributed by atoms with E-state index in [0.29, 0.717) is 18.0 Å². The Balaban J connectivity index is 2.00.